The third-order valence-corrected chi connectivity index (χ3v) is 4.52. The minimum atomic E-state index is -1.99. The predicted octanol–water partition coefficient (Wildman–Crippen LogP) is 5.27. The van der Waals surface area contributed by atoms with E-state index < -0.39 is 9.70 Å². The van der Waals surface area contributed by atoms with Crippen LogP contribution < -0.4 is 5.32 Å². The molecule has 0 aliphatic carbocycles. The Bertz CT molecular complexity index is 809. The van der Waals surface area contributed by atoms with Gasteiger partial charge in [-0.05, 0) is 24.3 Å². The summed E-state index contributed by atoms with van der Waals surface area (Å²) in [4.78, 5) is 16.3. The molecule has 0 saturated heterocycles. The largest absolute Gasteiger partial charge is 0.322 e. The number of para-hydroxylation sites is 1. The van der Waals surface area contributed by atoms with E-state index >= 15 is 0 Å². The molecule has 2 aromatic carbocycles. The zero-order chi connectivity index (χ0) is 15.7. The first-order chi connectivity index (χ1) is 10.4. The molecule has 3 rings (SSSR count). The second-order valence-electron chi connectivity index (χ2n) is 4.52. The summed E-state index contributed by atoms with van der Waals surface area (Å²) in [6.45, 7) is 0. The number of hydrogen-bond acceptors (Lipinski definition) is 3. The third kappa shape index (κ3) is 3.36. The molecule has 0 bridgehead atoms. The molecular formula is C15H9Cl3N2OS. The molecule has 1 heterocycles. The van der Waals surface area contributed by atoms with E-state index in [-0.39, 0.29) is 0 Å². The van der Waals surface area contributed by atoms with Gasteiger partial charge in [-0.25, -0.2) is 4.98 Å². The molecule has 3 aromatic rings. The number of hydrogen-bond donors (Lipinski definition) is 1. The Morgan fingerprint density at radius 1 is 1.09 bits per heavy atom. The number of nitrogens with one attached hydrogen (secondary N) is 1. The van der Waals surface area contributed by atoms with Crippen molar-refractivity contribution in [3.63, 3.8) is 0 Å². The summed E-state index contributed by atoms with van der Waals surface area (Å²) in [6, 6.07) is 15.2. The lowest BCUT2D eigenvalue weighted by molar-refractivity contribution is -0.115. The summed E-state index contributed by atoms with van der Waals surface area (Å²) in [5.41, 5.74) is 2.38. The number of amides is 1. The monoisotopic (exact) mass is 370 g/mol. The van der Waals surface area contributed by atoms with E-state index in [2.05, 4.69) is 10.3 Å². The zero-order valence-corrected chi connectivity index (χ0v) is 14.1. The van der Waals surface area contributed by atoms with Crippen molar-refractivity contribution in [3.8, 4) is 10.6 Å². The molecule has 7 heteroatoms. The van der Waals surface area contributed by atoms with Crippen LogP contribution in [0.2, 0.25) is 0 Å². The van der Waals surface area contributed by atoms with Crippen molar-refractivity contribution in [2.75, 3.05) is 5.32 Å². The number of benzene rings is 2. The van der Waals surface area contributed by atoms with Crippen molar-refractivity contribution in [1.29, 1.82) is 0 Å². The van der Waals surface area contributed by atoms with E-state index in [9.17, 15) is 4.79 Å². The van der Waals surface area contributed by atoms with Crippen molar-refractivity contribution in [3.05, 3.63) is 48.5 Å². The van der Waals surface area contributed by atoms with Gasteiger partial charge in [0.1, 0.15) is 5.01 Å². The highest BCUT2D eigenvalue weighted by Crippen LogP contribution is 2.32. The predicted molar refractivity (Wildman–Crippen MR) is 94.0 cm³/mol. The molecule has 0 aliphatic rings. The number of nitrogens with zero attached hydrogens (tertiary/aromatic N) is 1. The Kier molecular flexibility index (Phi) is 4.28. The number of rotatable bonds is 2. The van der Waals surface area contributed by atoms with Gasteiger partial charge >= 0.3 is 0 Å². The summed E-state index contributed by atoms with van der Waals surface area (Å²) in [7, 11) is 0. The van der Waals surface area contributed by atoms with Crippen LogP contribution in [0.3, 0.4) is 0 Å². The standard InChI is InChI=1S/C15H9Cl3N2OS/c16-15(17,18)14(21)19-10-5-3-4-9(8-10)13-20-11-6-1-2-7-12(11)22-13/h1-8H,(H,19,21). The van der Waals surface area contributed by atoms with Crippen LogP contribution in [0.25, 0.3) is 20.8 Å². The van der Waals surface area contributed by atoms with Gasteiger partial charge in [0.25, 0.3) is 9.70 Å². The SMILES string of the molecule is O=C(Nc1cccc(-c2nc3ccccc3s2)c1)C(Cl)(Cl)Cl. The molecule has 112 valence electrons. The Morgan fingerprint density at radius 3 is 2.59 bits per heavy atom. The Balaban J connectivity index is 1.92. The van der Waals surface area contributed by atoms with Crippen molar-refractivity contribution < 1.29 is 4.79 Å². The highest BCUT2D eigenvalue weighted by atomic mass is 35.6. The van der Waals surface area contributed by atoms with Crippen molar-refractivity contribution in [1.82, 2.24) is 4.98 Å². The fourth-order valence-electron chi connectivity index (χ4n) is 1.93. The highest BCUT2D eigenvalue weighted by molar-refractivity contribution is 7.21. The minimum absolute atomic E-state index is 0.549. The van der Waals surface area contributed by atoms with Gasteiger partial charge in [-0.1, -0.05) is 59.1 Å². The lowest BCUT2D eigenvalue weighted by Crippen LogP contribution is -2.26. The second-order valence-corrected chi connectivity index (χ2v) is 7.83. The minimum Gasteiger partial charge on any atom is -0.322 e. The van der Waals surface area contributed by atoms with E-state index in [4.69, 9.17) is 34.8 Å². The smallest absolute Gasteiger partial charge is 0.276 e. The van der Waals surface area contributed by atoms with Gasteiger partial charge < -0.3 is 5.32 Å². The van der Waals surface area contributed by atoms with E-state index in [1.807, 2.05) is 36.4 Å². The Morgan fingerprint density at radius 2 is 1.86 bits per heavy atom. The molecular weight excluding hydrogens is 363 g/mol. The molecule has 0 atom stereocenters. The van der Waals surface area contributed by atoms with Gasteiger partial charge in [-0.3, -0.25) is 4.79 Å². The molecule has 0 radical (unpaired) electrons. The maximum Gasteiger partial charge on any atom is 0.276 e. The molecule has 3 nitrogen and oxygen atoms in total. The number of anilines is 1. The van der Waals surface area contributed by atoms with Gasteiger partial charge in [-0.2, -0.15) is 0 Å². The number of carbonyl (C=O) groups excluding carboxylic acids is 1. The van der Waals surface area contributed by atoms with Crippen molar-refractivity contribution in [2.24, 2.45) is 0 Å². The average Bonchev–Trinajstić information content (AvgIpc) is 2.90. The van der Waals surface area contributed by atoms with Crippen molar-refractivity contribution >= 4 is 68.0 Å². The van der Waals surface area contributed by atoms with Crippen LogP contribution in [0.1, 0.15) is 0 Å². The molecule has 1 aromatic heterocycles. The van der Waals surface area contributed by atoms with Gasteiger partial charge in [-0.15, -0.1) is 11.3 Å². The van der Waals surface area contributed by atoms with Crippen LogP contribution in [0, 0.1) is 0 Å². The second kappa shape index (κ2) is 6.05. The fourth-order valence-corrected chi connectivity index (χ4v) is 3.03. The molecule has 0 unspecified atom stereocenters. The number of carbonyl (C=O) groups is 1. The normalized spacial score (nSPS) is 11.6. The van der Waals surface area contributed by atoms with Crippen molar-refractivity contribution in [2.45, 2.75) is 3.79 Å². The van der Waals surface area contributed by atoms with Crippen LogP contribution in [-0.2, 0) is 4.79 Å². The van der Waals surface area contributed by atoms with Crippen LogP contribution >= 0.6 is 46.1 Å². The number of fused-ring (bicyclic) bond motifs is 1. The van der Waals surface area contributed by atoms with Gasteiger partial charge in [0.2, 0.25) is 0 Å². The first-order valence-electron chi connectivity index (χ1n) is 6.28. The molecule has 0 fully saturated rings. The maximum absolute atomic E-state index is 11.7. The highest BCUT2D eigenvalue weighted by Gasteiger charge is 2.30. The van der Waals surface area contributed by atoms with E-state index in [0.717, 1.165) is 20.8 Å². The van der Waals surface area contributed by atoms with Crippen LogP contribution in [0.15, 0.2) is 48.5 Å². The third-order valence-electron chi connectivity index (χ3n) is 2.92. The molecule has 22 heavy (non-hydrogen) atoms. The van der Waals surface area contributed by atoms with Gasteiger partial charge in [0.05, 0.1) is 10.2 Å². The lowest BCUT2D eigenvalue weighted by atomic mass is 10.2. The molecule has 1 amide bonds. The summed E-state index contributed by atoms with van der Waals surface area (Å²) in [6.07, 6.45) is 0. The summed E-state index contributed by atoms with van der Waals surface area (Å²) >= 11 is 18.2. The Labute approximate surface area is 145 Å². The van der Waals surface area contributed by atoms with Crippen LogP contribution in [-0.4, -0.2) is 14.7 Å². The topological polar surface area (TPSA) is 42.0 Å². The lowest BCUT2D eigenvalue weighted by Gasteiger charge is -2.11. The van der Waals surface area contributed by atoms with Gasteiger partial charge in [0, 0.05) is 11.3 Å². The first kappa shape index (κ1) is 15.6. The van der Waals surface area contributed by atoms with Crippen LogP contribution in [0.4, 0.5) is 5.69 Å². The molecule has 0 saturated carbocycles. The number of aromatic nitrogens is 1. The maximum atomic E-state index is 11.7. The first-order valence-corrected chi connectivity index (χ1v) is 8.23. The number of halogens is 3. The van der Waals surface area contributed by atoms with Gasteiger partial charge in [0.15, 0.2) is 0 Å². The number of alkyl halides is 3. The summed E-state index contributed by atoms with van der Waals surface area (Å²) in [5, 5.41) is 3.43. The average molecular weight is 372 g/mol. The number of thiazole rings is 1. The van der Waals surface area contributed by atoms with Crippen LogP contribution in [0.5, 0.6) is 0 Å². The quantitative estimate of drug-likeness (QED) is 0.623. The summed E-state index contributed by atoms with van der Waals surface area (Å²) in [5.74, 6) is -0.695. The molecule has 0 spiro atoms. The van der Waals surface area contributed by atoms with E-state index in [0.29, 0.717) is 5.69 Å². The fraction of sp³-hybridized carbons (Fsp3) is 0.0667. The van der Waals surface area contributed by atoms with E-state index in [1.165, 1.54) is 0 Å². The Hall–Kier alpha value is -1.33. The summed E-state index contributed by atoms with van der Waals surface area (Å²) < 4.78 is -0.889. The molecule has 0 aliphatic heterocycles. The zero-order valence-electron chi connectivity index (χ0n) is 11.0. The molecule has 1 N–H and O–H groups in total. The van der Waals surface area contributed by atoms with E-state index in [1.54, 1.807) is 23.5 Å².